The van der Waals surface area contributed by atoms with E-state index in [9.17, 15) is 13.6 Å². The van der Waals surface area contributed by atoms with Gasteiger partial charge < -0.3 is 16.0 Å². The highest BCUT2D eigenvalue weighted by molar-refractivity contribution is 7.15. The van der Waals surface area contributed by atoms with Crippen molar-refractivity contribution in [3.05, 3.63) is 11.1 Å². The zero-order valence-corrected chi connectivity index (χ0v) is 11.6. The SMILES string of the molecule is Nc1ncc(C(CC2CC2)N2CC(F)(F)CNC2=O)s1. The molecule has 3 rings (SSSR count). The van der Waals surface area contributed by atoms with Crippen LogP contribution in [0.5, 0.6) is 0 Å². The summed E-state index contributed by atoms with van der Waals surface area (Å²) in [6, 6.07) is -0.794. The predicted molar refractivity (Wildman–Crippen MR) is 71.7 cm³/mol. The van der Waals surface area contributed by atoms with E-state index in [0.717, 1.165) is 17.7 Å². The third-order valence-corrected chi connectivity index (χ3v) is 4.59. The highest BCUT2D eigenvalue weighted by Crippen LogP contribution is 2.42. The van der Waals surface area contributed by atoms with Gasteiger partial charge in [-0.05, 0) is 12.3 Å². The summed E-state index contributed by atoms with van der Waals surface area (Å²) in [6.07, 6.45) is 4.48. The van der Waals surface area contributed by atoms with Crippen molar-refractivity contribution >= 4 is 22.5 Å². The second-order valence-electron chi connectivity index (χ2n) is 5.44. The number of halogens is 2. The minimum atomic E-state index is -2.90. The first-order valence-corrected chi connectivity index (χ1v) is 7.40. The number of nitrogens with two attached hydrogens (primary N) is 1. The first kappa shape index (κ1) is 13.5. The summed E-state index contributed by atoms with van der Waals surface area (Å²) in [5.41, 5.74) is 5.62. The summed E-state index contributed by atoms with van der Waals surface area (Å²) < 4.78 is 27.1. The third kappa shape index (κ3) is 2.84. The number of amides is 2. The normalized spacial score (nSPS) is 23.5. The molecular formula is C12H16F2N4OS. The van der Waals surface area contributed by atoms with Gasteiger partial charge in [0.15, 0.2) is 5.13 Å². The van der Waals surface area contributed by atoms with Crippen LogP contribution in [0, 0.1) is 5.92 Å². The molecule has 0 spiro atoms. The summed E-state index contributed by atoms with van der Waals surface area (Å²) in [5.74, 6) is -2.39. The van der Waals surface area contributed by atoms with Gasteiger partial charge in [0.25, 0.3) is 5.92 Å². The van der Waals surface area contributed by atoms with Crippen LogP contribution in [0.25, 0.3) is 0 Å². The lowest BCUT2D eigenvalue weighted by Gasteiger charge is -2.38. The molecule has 1 aliphatic carbocycles. The van der Waals surface area contributed by atoms with Gasteiger partial charge in [0.1, 0.15) is 0 Å². The smallest absolute Gasteiger partial charge is 0.318 e. The molecule has 2 fully saturated rings. The summed E-state index contributed by atoms with van der Waals surface area (Å²) in [5, 5.41) is 2.66. The Labute approximate surface area is 119 Å². The van der Waals surface area contributed by atoms with Crippen molar-refractivity contribution in [3.8, 4) is 0 Å². The van der Waals surface area contributed by atoms with Gasteiger partial charge in [-0.2, -0.15) is 0 Å². The zero-order chi connectivity index (χ0) is 14.3. The van der Waals surface area contributed by atoms with Gasteiger partial charge in [0, 0.05) is 11.1 Å². The Hall–Kier alpha value is -1.44. The molecule has 2 heterocycles. The molecule has 0 bridgehead atoms. The number of hydrogen-bond acceptors (Lipinski definition) is 4. The molecule has 1 aliphatic heterocycles. The summed E-state index contributed by atoms with van der Waals surface area (Å²) >= 11 is 1.26. The summed E-state index contributed by atoms with van der Waals surface area (Å²) in [6.45, 7) is -1.14. The molecule has 1 saturated heterocycles. The molecule has 2 aliphatic rings. The molecule has 2 amide bonds. The second kappa shape index (κ2) is 4.83. The molecule has 1 aromatic rings. The number of nitrogens with zero attached hydrogens (tertiary/aromatic N) is 2. The molecule has 0 radical (unpaired) electrons. The third-order valence-electron chi connectivity index (χ3n) is 3.66. The average Bonchev–Trinajstić information content (AvgIpc) is 3.10. The maximum Gasteiger partial charge on any atom is 0.318 e. The van der Waals surface area contributed by atoms with E-state index in [-0.39, 0.29) is 6.04 Å². The first-order valence-electron chi connectivity index (χ1n) is 6.58. The van der Waals surface area contributed by atoms with Crippen molar-refractivity contribution in [1.29, 1.82) is 0 Å². The molecule has 5 nitrogen and oxygen atoms in total. The van der Waals surface area contributed by atoms with E-state index in [2.05, 4.69) is 10.3 Å². The molecule has 0 aromatic carbocycles. The number of nitrogens with one attached hydrogen (secondary N) is 1. The molecule has 20 heavy (non-hydrogen) atoms. The van der Waals surface area contributed by atoms with Crippen LogP contribution >= 0.6 is 11.3 Å². The molecule has 1 atom stereocenters. The second-order valence-corrected chi connectivity index (χ2v) is 6.53. The number of nitrogen functional groups attached to an aromatic ring is 1. The molecule has 1 saturated carbocycles. The van der Waals surface area contributed by atoms with Crippen molar-refractivity contribution in [3.63, 3.8) is 0 Å². The van der Waals surface area contributed by atoms with Crippen molar-refractivity contribution in [2.75, 3.05) is 18.8 Å². The number of aromatic nitrogens is 1. The maximum atomic E-state index is 13.6. The number of rotatable bonds is 4. The van der Waals surface area contributed by atoms with Crippen LogP contribution in [0.2, 0.25) is 0 Å². The molecule has 1 unspecified atom stereocenters. The van der Waals surface area contributed by atoms with E-state index < -0.39 is 25.0 Å². The zero-order valence-electron chi connectivity index (χ0n) is 10.8. The van der Waals surface area contributed by atoms with Crippen molar-refractivity contribution in [1.82, 2.24) is 15.2 Å². The number of hydrogen-bond donors (Lipinski definition) is 2. The van der Waals surface area contributed by atoms with Crippen molar-refractivity contribution in [2.45, 2.75) is 31.2 Å². The number of anilines is 1. The number of urea groups is 1. The largest absolute Gasteiger partial charge is 0.375 e. The minimum Gasteiger partial charge on any atom is -0.375 e. The fourth-order valence-corrected chi connectivity index (χ4v) is 3.27. The molecular weight excluding hydrogens is 286 g/mol. The Morgan fingerprint density at radius 2 is 2.35 bits per heavy atom. The van der Waals surface area contributed by atoms with Crippen LogP contribution in [-0.2, 0) is 0 Å². The van der Waals surface area contributed by atoms with Crippen LogP contribution in [-0.4, -0.2) is 34.9 Å². The fourth-order valence-electron chi connectivity index (χ4n) is 2.46. The van der Waals surface area contributed by atoms with E-state index in [1.165, 1.54) is 16.2 Å². The highest BCUT2D eigenvalue weighted by atomic mass is 32.1. The lowest BCUT2D eigenvalue weighted by Crippen LogP contribution is -2.57. The fraction of sp³-hybridized carbons (Fsp3) is 0.667. The monoisotopic (exact) mass is 302 g/mol. The lowest BCUT2D eigenvalue weighted by atomic mass is 10.1. The standard InChI is InChI=1S/C12H16F2N4OS/c13-12(14)5-17-11(19)18(6-12)8(3-7-1-2-7)9-4-16-10(15)20-9/h4,7-8H,1-3,5-6H2,(H2,15,16)(H,17,19). The Bertz CT molecular complexity index is 517. The number of thiazole rings is 1. The van der Waals surface area contributed by atoms with Gasteiger partial charge in [-0.1, -0.05) is 12.8 Å². The number of alkyl halides is 2. The van der Waals surface area contributed by atoms with Crippen molar-refractivity contribution < 1.29 is 13.6 Å². The van der Waals surface area contributed by atoms with Gasteiger partial charge in [-0.25, -0.2) is 18.6 Å². The Morgan fingerprint density at radius 1 is 1.60 bits per heavy atom. The highest BCUT2D eigenvalue weighted by Gasteiger charge is 2.43. The quantitative estimate of drug-likeness (QED) is 0.896. The Kier molecular flexibility index (Phi) is 3.27. The van der Waals surface area contributed by atoms with Gasteiger partial charge in [0.05, 0.1) is 19.1 Å². The molecule has 8 heteroatoms. The average molecular weight is 302 g/mol. The van der Waals surface area contributed by atoms with E-state index in [4.69, 9.17) is 5.73 Å². The minimum absolute atomic E-state index is 0.358. The van der Waals surface area contributed by atoms with Crippen LogP contribution in [0.4, 0.5) is 18.7 Å². The topological polar surface area (TPSA) is 71.2 Å². The molecule has 110 valence electrons. The molecule has 1 aromatic heterocycles. The summed E-state index contributed by atoms with van der Waals surface area (Å²) in [7, 11) is 0. The first-order chi connectivity index (χ1) is 9.44. The van der Waals surface area contributed by atoms with Gasteiger partial charge in [0.2, 0.25) is 0 Å². The Morgan fingerprint density at radius 3 is 2.95 bits per heavy atom. The van der Waals surface area contributed by atoms with E-state index in [0.29, 0.717) is 17.5 Å². The van der Waals surface area contributed by atoms with Crippen LogP contribution < -0.4 is 11.1 Å². The van der Waals surface area contributed by atoms with E-state index >= 15 is 0 Å². The van der Waals surface area contributed by atoms with Gasteiger partial charge >= 0.3 is 6.03 Å². The van der Waals surface area contributed by atoms with E-state index in [1.54, 1.807) is 6.20 Å². The summed E-state index contributed by atoms with van der Waals surface area (Å²) in [4.78, 5) is 17.9. The van der Waals surface area contributed by atoms with Gasteiger partial charge in [-0.15, -0.1) is 11.3 Å². The molecule has 3 N–H and O–H groups in total. The lowest BCUT2D eigenvalue weighted by molar-refractivity contribution is -0.0452. The van der Waals surface area contributed by atoms with E-state index in [1.807, 2.05) is 0 Å². The van der Waals surface area contributed by atoms with Crippen LogP contribution in [0.15, 0.2) is 6.20 Å². The van der Waals surface area contributed by atoms with Crippen LogP contribution in [0.1, 0.15) is 30.2 Å². The Balaban J connectivity index is 1.85. The maximum absolute atomic E-state index is 13.6. The van der Waals surface area contributed by atoms with Crippen molar-refractivity contribution in [2.24, 2.45) is 5.92 Å². The number of carbonyl (C=O) groups is 1. The van der Waals surface area contributed by atoms with Crippen LogP contribution in [0.3, 0.4) is 0 Å². The number of carbonyl (C=O) groups excluding carboxylic acids is 1. The predicted octanol–water partition coefficient (Wildman–Crippen LogP) is 2.23. The van der Waals surface area contributed by atoms with Gasteiger partial charge in [-0.3, -0.25) is 0 Å².